The lowest BCUT2D eigenvalue weighted by Crippen LogP contribution is -2.37. The van der Waals surface area contributed by atoms with Gasteiger partial charge in [0.05, 0.1) is 19.0 Å². The van der Waals surface area contributed by atoms with Crippen LogP contribution in [0.3, 0.4) is 0 Å². The molecule has 0 radical (unpaired) electrons. The van der Waals surface area contributed by atoms with E-state index in [0.717, 1.165) is 36.0 Å². The van der Waals surface area contributed by atoms with Crippen molar-refractivity contribution in [2.45, 2.75) is 72.6 Å². The van der Waals surface area contributed by atoms with Crippen LogP contribution in [0.1, 0.15) is 50.1 Å². The second-order valence-electron chi connectivity index (χ2n) is 18.4. The van der Waals surface area contributed by atoms with Crippen LogP contribution in [0.5, 0.6) is 0 Å². The number of imidazole rings is 2. The highest BCUT2D eigenvalue weighted by Gasteiger charge is 2.34. The first-order chi connectivity index (χ1) is 33.4. The molecule has 0 spiro atoms. The van der Waals surface area contributed by atoms with E-state index in [0.29, 0.717) is 69.9 Å². The van der Waals surface area contributed by atoms with E-state index < -0.39 is 0 Å². The number of halogens is 6. The Morgan fingerprint density at radius 3 is 1.29 bits per heavy atom. The first-order valence-corrected chi connectivity index (χ1v) is 25.7. The summed E-state index contributed by atoms with van der Waals surface area (Å²) in [7, 11) is 0. The molecule has 5 nitrogen and oxygen atoms in total. The molecule has 348 valence electrons. The zero-order valence-corrected chi connectivity index (χ0v) is 43.3. The SMILES string of the molecule is Cc1c(CC2C=[N+](CCc3ccc4ccccc4c3)C(Cl)=C2Cl)c(C)c(C[n+]2cn(CCc3ccc4ccccc4c3)c(Cl)c2Cl)c(C)c1C[n+]1cn(CCc2ccc3ccccc3c2)c(Cl)c1Cl. The van der Waals surface area contributed by atoms with E-state index >= 15 is 0 Å². The molecule has 0 N–H and O–H groups in total. The van der Waals surface area contributed by atoms with Crippen LogP contribution in [0.15, 0.2) is 150 Å². The number of hydrogen-bond donors (Lipinski definition) is 0. The molecule has 7 aromatic carbocycles. The molecule has 0 fully saturated rings. The zero-order chi connectivity index (χ0) is 47.9. The maximum atomic E-state index is 7.19. The minimum Gasteiger partial charge on any atom is -0.219 e. The summed E-state index contributed by atoms with van der Waals surface area (Å²) in [6.45, 7) is 9.74. The lowest BCUT2D eigenvalue weighted by molar-refractivity contribution is -0.686. The van der Waals surface area contributed by atoms with Gasteiger partial charge in [0.15, 0.2) is 12.8 Å². The summed E-state index contributed by atoms with van der Waals surface area (Å²) in [4.78, 5) is 0. The van der Waals surface area contributed by atoms with Crippen LogP contribution in [0.2, 0.25) is 20.6 Å². The van der Waals surface area contributed by atoms with Gasteiger partial charge in [-0.2, -0.15) is 4.58 Å². The number of allylic oxidation sites excluding steroid dienone is 1. The van der Waals surface area contributed by atoms with Gasteiger partial charge >= 0.3 is 0 Å². The smallest absolute Gasteiger partial charge is 0.219 e. The number of rotatable bonds is 15. The molecular weight excluding hydrogens is 979 g/mol. The first-order valence-electron chi connectivity index (χ1n) is 23.5. The molecule has 1 aliphatic heterocycles. The Bertz CT molecular complexity index is 3350. The van der Waals surface area contributed by atoms with E-state index in [9.17, 15) is 0 Å². The van der Waals surface area contributed by atoms with Crippen LogP contribution >= 0.6 is 69.6 Å². The fourth-order valence-corrected chi connectivity index (χ4v) is 11.6. The van der Waals surface area contributed by atoms with E-state index in [1.54, 1.807) is 0 Å². The predicted octanol–water partition coefficient (Wildman–Crippen LogP) is 14.6. The summed E-state index contributed by atoms with van der Waals surface area (Å²) in [5, 5.41) is 10.6. The maximum absolute atomic E-state index is 7.19. The molecule has 1 aliphatic rings. The van der Waals surface area contributed by atoms with Gasteiger partial charge in [-0.05, 0) is 156 Å². The Hall–Kier alpha value is -5.11. The molecule has 3 heterocycles. The molecule has 1 unspecified atom stereocenters. The Morgan fingerprint density at radius 1 is 0.464 bits per heavy atom. The summed E-state index contributed by atoms with van der Waals surface area (Å²) >= 11 is 42.6. The quantitative estimate of drug-likeness (QED) is 0.0721. The molecule has 0 aliphatic carbocycles. The maximum Gasteiger partial charge on any atom is 0.290 e. The summed E-state index contributed by atoms with van der Waals surface area (Å²) in [5.74, 6) is -0.111. The highest BCUT2D eigenvalue weighted by molar-refractivity contribution is 6.40. The minimum atomic E-state index is -0.111. The van der Waals surface area contributed by atoms with Crippen molar-refractivity contribution in [2.75, 3.05) is 6.54 Å². The minimum absolute atomic E-state index is 0.111. The van der Waals surface area contributed by atoms with Gasteiger partial charge in [0.25, 0.3) is 25.8 Å². The van der Waals surface area contributed by atoms with Crippen LogP contribution in [0, 0.1) is 26.7 Å². The van der Waals surface area contributed by atoms with Gasteiger partial charge in [-0.1, -0.05) is 139 Å². The molecule has 0 amide bonds. The van der Waals surface area contributed by atoms with E-state index in [-0.39, 0.29) is 5.92 Å². The van der Waals surface area contributed by atoms with Crippen LogP contribution in [-0.4, -0.2) is 26.5 Å². The third-order valence-corrected chi connectivity index (χ3v) is 17.0. The molecule has 0 saturated carbocycles. The standard InChI is InChI=1S/C58H52Cl6N5/c1-37-50(31-49-32-65(54(60)53(49)59)25-22-40-16-19-43-10-4-7-13-46(43)28-40)38(2)52(34-69-36-67(56(62)58(69)64)27-24-42-18-21-45-12-6-9-15-48(45)30-42)39(3)51(37)33-68-35-66(55(61)57(68)63)26-23-41-17-20-44-11-5-8-14-47(44)29-41/h4-21,28-30,32,35-36,49H,22-27,31,33-34H2,1-3H3/q+3. The van der Waals surface area contributed by atoms with Gasteiger partial charge in [0.2, 0.25) is 12.7 Å². The van der Waals surface area contributed by atoms with Crippen molar-refractivity contribution >= 4 is 108 Å². The Kier molecular flexibility index (Phi) is 14.0. The number of benzene rings is 7. The highest BCUT2D eigenvalue weighted by Crippen LogP contribution is 2.36. The number of nitrogens with zero attached hydrogens (tertiary/aromatic N) is 5. The van der Waals surface area contributed by atoms with Crippen LogP contribution < -0.4 is 9.13 Å². The van der Waals surface area contributed by atoms with Crippen molar-refractivity contribution in [3.8, 4) is 0 Å². The van der Waals surface area contributed by atoms with Crippen LogP contribution in [0.25, 0.3) is 32.3 Å². The third kappa shape index (κ3) is 9.85. The van der Waals surface area contributed by atoms with Gasteiger partial charge in [0.1, 0.15) is 18.1 Å². The van der Waals surface area contributed by atoms with Crippen molar-refractivity contribution in [3.63, 3.8) is 0 Å². The van der Waals surface area contributed by atoms with E-state index in [1.165, 1.54) is 65.7 Å². The van der Waals surface area contributed by atoms with Gasteiger partial charge in [-0.15, -0.1) is 0 Å². The molecule has 11 heteroatoms. The fraction of sp³-hybridized carbons (Fsp3) is 0.224. The number of hydrogen-bond acceptors (Lipinski definition) is 0. The molecule has 2 aromatic heterocycles. The van der Waals surface area contributed by atoms with Crippen molar-refractivity contribution < 1.29 is 13.7 Å². The van der Waals surface area contributed by atoms with E-state index in [1.807, 2.05) is 21.8 Å². The largest absolute Gasteiger partial charge is 0.290 e. The van der Waals surface area contributed by atoms with Gasteiger partial charge in [-0.25, -0.2) is 18.3 Å². The Balaban J connectivity index is 0.957. The summed E-state index contributed by atoms with van der Waals surface area (Å²) in [5.41, 5.74) is 10.8. The zero-order valence-electron chi connectivity index (χ0n) is 38.8. The highest BCUT2D eigenvalue weighted by atomic mass is 35.5. The van der Waals surface area contributed by atoms with Crippen molar-refractivity contribution in [2.24, 2.45) is 5.92 Å². The number of aryl methyl sites for hydroxylation is 4. The van der Waals surface area contributed by atoms with Gasteiger partial charge < -0.3 is 0 Å². The molecule has 0 bridgehead atoms. The topological polar surface area (TPSA) is 20.6 Å². The van der Waals surface area contributed by atoms with Crippen molar-refractivity contribution in [1.29, 1.82) is 0 Å². The molecule has 69 heavy (non-hydrogen) atoms. The Morgan fingerprint density at radius 2 is 0.855 bits per heavy atom. The predicted molar refractivity (Wildman–Crippen MR) is 288 cm³/mol. The van der Waals surface area contributed by atoms with Crippen LogP contribution in [0.4, 0.5) is 0 Å². The number of aromatic nitrogens is 4. The van der Waals surface area contributed by atoms with Crippen molar-refractivity contribution in [1.82, 2.24) is 9.13 Å². The first kappa shape index (κ1) is 47.6. The summed E-state index contributed by atoms with van der Waals surface area (Å²) < 4.78 is 10.3. The molecule has 1 atom stereocenters. The monoisotopic (exact) mass is 1030 g/mol. The summed E-state index contributed by atoms with van der Waals surface area (Å²) in [6, 6.07) is 45.2. The van der Waals surface area contributed by atoms with E-state index in [2.05, 4.69) is 168 Å². The number of fused-ring (bicyclic) bond motifs is 3. The molecule has 0 saturated heterocycles. The second kappa shape index (κ2) is 20.3. The van der Waals surface area contributed by atoms with E-state index in [4.69, 9.17) is 69.6 Å². The molecule has 10 rings (SSSR count). The normalized spacial score (nSPS) is 14.0. The second-order valence-corrected chi connectivity index (χ2v) is 20.6. The average Bonchev–Trinajstić information content (AvgIpc) is 3.92. The fourth-order valence-electron chi connectivity index (χ4n) is 10.2. The molecular formula is C58H52Cl6N5+3. The van der Waals surface area contributed by atoms with Gasteiger partial charge in [-0.3, -0.25) is 0 Å². The third-order valence-electron chi connectivity index (χ3n) is 14.2. The van der Waals surface area contributed by atoms with Crippen LogP contribution in [-0.2, 0) is 51.9 Å². The lowest BCUT2D eigenvalue weighted by Gasteiger charge is -2.22. The lowest BCUT2D eigenvalue weighted by atomic mass is 9.84. The molecule has 9 aromatic rings. The van der Waals surface area contributed by atoms with Crippen molar-refractivity contribution in [3.05, 3.63) is 221 Å². The van der Waals surface area contributed by atoms with Gasteiger partial charge in [0, 0.05) is 30.4 Å². The summed E-state index contributed by atoms with van der Waals surface area (Å²) in [6.07, 6.45) is 9.40. The Labute approximate surface area is 434 Å². The average molecular weight is 1030 g/mol.